The number of quaternary nitrogens is 1. The maximum absolute atomic E-state index is 11.8. The Balaban J connectivity index is 2.05. The van der Waals surface area contributed by atoms with E-state index in [1.54, 1.807) is 12.1 Å². The summed E-state index contributed by atoms with van der Waals surface area (Å²) >= 11 is 1.52. The highest BCUT2D eigenvalue weighted by Gasteiger charge is 2.14. The third-order valence-corrected chi connectivity index (χ3v) is 4.37. The van der Waals surface area contributed by atoms with Gasteiger partial charge in [-0.2, -0.15) is 0 Å². The summed E-state index contributed by atoms with van der Waals surface area (Å²) in [6.07, 6.45) is 0. The fraction of sp³-hybridized carbons (Fsp3) is 0.389. The molecule has 0 bridgehead atoms. The summed E-state index contributed by atoms with van der Waals surface area (Å²) < 4.78 is 0. The van der Waals surface area contributed by atoms with Crippen molar-refractivity contribution in [2.24, 2.45) is 0 Å². The van der Waals surface area contributed by atoms with Gasteiger partial charge in [0.2, 0.25) is 5.91 Å². The van der Waals surface area contributed by atoms with Gasteiger partial charge in [0.15, 0.2) is 6.54 Å². The fourth-order valence-corrected chi connectivity index (χ4v) is 3.39. The lowest BCUT2D eigenvalue weighted by Crippen LogP contribution is -3.09. The van der Waals surface area contributed by atoms with E-state index in [2.05, 4.69) is 15.6 Å². The molecule has 0 radical (unpaired) electrons. The highest BCUT2D eigenvalue weighted by molar-refractivity contribution is 7.09. The van der Waals surface area contributed by atoms with Crippen LogP contribution in [-0.2, 0) is 16.1 Å². The topological polar surface area (TPSA) is 95.8 Å². The molecule has 1 unspecified atom stereocenters. The van der Waals surface area contributed by atoms with E-state index in [0.29, 0.717) is 18.8 Å². The van der Waals surface area contributed by atoms with Crippen molar-refractivity contribution in [1.82, 2.24) is 10.3 Å². The third kappa shape index (κ3) is 5.82. The number of nitrogens with one attached hydrogen (secondary N) is 3. The molecule has 0 fully saturated rings. The summed E-state index contributed by atoms with van der Waals surface area (Å²) in [7, 11) is 1.95. The van der Waals surface area contributed by atoms with E-state index in [4.69, 9.17) is 0 Å². The van der Waals surface area contributed by atoms with Crippen molar-refractivity contribution in [2.75, 3.05) is 18.9 Å². The largest absolute Gasteiger partial charge is 0.506 e. The van der Waals surface area contributed by atoms with E-state index in [-0.39, 0.29) is 23.6 Å². The number of carbonyl (C=O) groups is 2. The molecule has 0 aliphatic heterocycles. The number of hydrogen-bond donors (Lipinski definition) is 4. The van der Waals surface area contributed by atoms with Crippen molar-refractivity contribution in [3.05, 3.63) is 28.6 Å². The van der Waals surface area contributed by atoms with Crippen LogP contribution in [0.15, 0.2) is 23.6 Å². The number of phenols is 1. The smallest absolute Gasteiger partial charge is 0.275 e. The SMILES string of the molecule is CC(=O)Nc1cc(-c2csc(C[NH+](C)CC(=O)NC(C)C)n2)ccc1O. The maximum atomic E-state index is 11.8. The number of anilines is 1. The molecule has 0 aliphatic carbocycles. The Hall–Kier alpha value is -2.45. The van der Waals surface area contributed by atoms with Gasteiger partial charge in [-0.25, -0.2) is 4.98 Å². The van der Waals surface area contributed by atoms with Gasteiger partial charge in [-0.1, -0.05) is 0 Å². The minimum absolute atomic E-state index is 0.0137. The molecular formula is C18H25N4O3S+. The number of amides is 2. The van der Waals surface area contributed by atoms with Crippen LogP contribution in [-0.4, -0.2) is 41.5 Å². The van der Waals surface area contributed by atoms with Crippen LogP contribution in [0.1, 0.15) is 25.8 Å². The highest BCUT2D eigenvalue weighted by atomic mass is 32.1. The van der Waals surface area contributed by atoms with E-state index >= 15 is 0 Å². The van der Waals surface area contributed by atoms with Gasteiger partial charge in [0.05, 0.1) is 18.4 Å². The molecule has 1 heterocycles. The zero-order valence-corrected chi connectivity index (χ0v) is 16.2. The first-order chi connectivity index (χ1) is 12.2. The molecular weight excluding hydrogens is 352 g/mol. The van der Waals surface area contributed by atoms with E-state index in [1.807, 2.05) is 26.3 Å². The van der Waals surface area contributed by atoms with Crippen molar-refractivity contribution < 1.29 is 19.6 Å². The molecule has 2 amide bonds. The highest BCUT2D eigenvalue weighted by Crippen LogP contribution is 2.30. The van der Waals surface area contributed by atoms with E-state index in [0.717, 1.165) is 21.2 Å². The lowest BCUT2D eigenvalue weighted by Gasteiger charge is -2.13. The van der Waals surface area contributed by atoms with Crippen LogP contribution in [0, 0.1) is 0 Å². The second kappa shape index (κ2) is 8.77. The van der Waals surface area contributed by atoms with Gasteiger partial charge >= 0.3 is 0 Å². The Labute approximate surface area is 157 Å². The lowest BCUT2D eigenvalue weighted by molar-refractivity contribution is -0.885. The first kappa shape index (κ1) is 19.9. The maximum Gasteiger partial charge on any atom is 0.275 e. The van der Waals surface area contributed by atoms with E-state index in [1.165, 1.54) is 24.3 Å². The molecule has 0 saturated carbocycles. The van der Waals surface area contributed by atoms with Gasteiger partial charge in [-0.3, -0.25) is 9.59 Å². The Kier molecular flexibility index (Phi) is 6.70. The summed E-state index contributed by atoms with van der Waals surface area (Å²) in [5.74, 6) is -0.214. The van der Waals surface area contributed by atoms with Crippen LogP contribution in [0.3, 0.4) is 0 Å². The van der Waals surface area contributed by atoms with Crippen molar-refractivity contribution in [1.29, 1.82) is 0 Å². The Morgan fingerprint density at radius 2 is 2.08 bits per heavy atom. The molecule has 140 valence electrons. The molecule has 2 aromatic rings. The van der Waals surface area contributed by atoms with Crippen LogP contribution in [0.25, 0.3) is 11.3 Å². The minimum atomic E-state index is -0.249. The molecule has 1 aromatic heterocycles. The van der Waals surface area contributed by atoms with Crippen LogP contribution in [0.4, 0.5) is 5.69 Å². The molecule has 8 heteroatoms. The number of aromatic hydroxyl groups is 1. The van der Waals surface area contributed by atoms with Gasteiger partial charge in [0.25, 0.3) is 5.91 Å². The van der Waals surface area contributed by atoms with Crippen LogP contribution < -0.4 is 15.5 Å². The second-order valence-corrected chi connectivity index (χ2v) is 7.52. The standard InChI is InChI=1S/C18H24N4O3S/c1-11(2)19-17(25)8-22(4)9-18-21-15(10-26-18)13-5-6-16(24)14(7-13)20-12(3)23/h5-7,10-11,24H,8-9H2,1-4H3,(H,19,25)(H,20,23)/p+1. The molecule has 7 nitrogen and oxygen atoms in total. The zero-order chi connectivity index (χ0) is 19.3. The fourth-order valence-electron chi connectivity index (χ4n) is 2.48. The van der Waals surface area contributed by atoms with Crippen LogP contribution >= 0.6 is 11.3 Å². The summed E-state index contributed by atoms with van der Waals surface area (Å²) in [6.45, 7) is 6.30. The molecule has 4 N–H and O–H groups in total. The van der Waals surface area contributed by atoms with Crippen LogP contribution in [0.2, 0.25) is 0 Å². The van der Waals surface area contributed by atoms with E-state index in [9.17, 15) is 14.7 Å². The molecule has 1 aromatic carbocycles. The number of nitrogens with zero attached hydrogens (tertiary/aromatic N) is 1. The normalized spacial score (nSPS) is 12.0. The molecule has 1 atom stereocenters. The summed E-state index contributed by atoms with van der Waals surface area (Å²) in [4.78, 5) is 28.7. The third-order valence-electron chi connectivity index (χ3n) is 3.52. The predicted molar refractivity (Wildman–Crippen MR) is 102 cm³/mol. The van der Waals surface area contributed by atoms with Gasteiger partial charge in [-0.15, -0.1) is 11.3 Å². The average molecular weight is 377 g/mol. The number of phenolic OH excluding ortho intramolecular Hbond substituents is 1. The molecule has 2 rings (SSSR count). The number of likely N-dealkylation sites (N-methyl/N-ethyl adjacent to an activating group) is 1. The van der Waals surface area contributed by atoms with E-state index < -0.39 is 0 Å². The first-order valence-corrected chi connectivity index (χ1v) is 9.28. The number of rotatable bonds is 7. The van der Waals surface area contributed by atoms with Gasteiger partial charge in [0.1, 0.15) is 17.3 Å². The minimum Gasteiger partial charge on any atom is -0.506 e. The molecule has 0 saturated heterocycles. The summed E-state index contributed by atoms with van der Waals surface area (Å²) in [5, 5.41) is 18.2. The lowest BCUT2D eigenvalue weighted by atomic mass is 10.1. The Bertz CT molecular complexity index is 788. The van der Waals surface area contributed by atoms with Crippen molar-refractivity contribution in [3.63, 3.8) is 0 Å². The summed E-state index contributed by atoms with van der Waals surface area (Å²) in [6, 6.07) is 5.12. The monoisotopic (exact) mass is 377 g/mol. The number of hydrogen-bond acceptors (Lipinski definition) is 5. The number of benzene rings is 1. The molecule has 0 spiro atoms. The Morgan fingerprint density at radius 1 is 1.35 bits per heavy atom. The number of carbonyl (C=O) groups excluding carboxylic acids is 2. The van der Waals surface area contributed by atoms with Crippen molar-refractivity contribution in [3.8, 4) is 17.0 Å². The quantitative estimate of drug-likeness (QED) is 0.542. The predicted octanol–water partition coefficient (Wildman–Crippen LogP) is 1.01. The second-order valence-electron chi connectivity index (χ2n) is 6.57. The van der Waals surface area contributed by atoms with Crippen molar-refractivity contribution in [2.45, 2.75) is 33.4 Å². The van der Waals surface area contributed by atoms with Crippen molar-refractivity contribution >= 4 is 28.8 Å². The molecule has 0 aliphatic rings. The van der Waals surface area contributed by atoms with Gasteiger partial charge in [-0.05, 0) is 32.0 Å². The molecule has 26 heavy (non-hydrogen) atoms. The first-order valence-electron chi connectivity index (χ1n) is 8.40. The average Bonchev–Trinajstić information content (AvgIpc) is 2.96. The Morgan fingerprint density at radius 3 is 2.73 bits per heavy atom. The van der Waals surface area contributed by atoms with Gasteiger partial charge < -0.3 is 20.6 Å². The summed E-state index contributed by atoms with van der Waals surface area (Å²) in [5.41, 5.74) is 1.94. The number of aromatic nitrogens is 1. The number of thiazole rings is 1. The zero-order valence-electron chi connectivity index (χ0n) is 15.4. The van der Waals surface area contributed by atoms with Crippen LogP contribution in [0.5, 0.6) is 5.75 Å². The van der Waals surface area contributed by atoms with Gasteiger partial charge in [0, 0.05) is 23.9 Å².